The van der Waals surface area contributed by atoms with E-state index >= 15 is 0 Å². The summed E-state index contributed by atoms with van der Waals surface area (Å²) in [6, 6.07) is 21.0. The number of hydrogen-bond donors (Lipinski definition) is 1. The van der Waals surface area contributed by atoms with Crippen LogP contribution in [0.2, 0.25) is 0 Å². The van der Waals surface area contributed by atoms with Crippen molar-refractivity contribution in [2.45, 2.75) is 39.0 Å². The zero-order chi connectivity index (χ0) is 28.1. The fourth-order valence-corrected chi connectivity index (χ4v) is 5.28. The SMILES string of the molecule is CCOc1cc2c(cc1OCC)C(C(=Nc1ccc(N(C)C(=O)N3CCCCC3)cc1)c1ccccc1)C(=O)N2. The first-order valence-corrected chi connectivity index (χ1v) is 14.0. The number of carbonyl (C=O) groups is 2. The van der Waals surface area contributed by atoms with Gasteiger partial charge < -0.3 is 19.7 Å². The fraction of sp³-hybridized carbons (Fsp3) is 0.344. The Balaban J connectivity index is 1.49. The van der Waals surface area contributed by atoms with Crippen LogP contribution in [0.15, 0.2) is 71.7 Å². The van der Waals surface area contributed by atoms with Gasteiger partial charge in [0.25, 0.3) is 0 Å². The smallest absolute Gasteiger partial charge is 0.324 e. The van der Waals surface area contributed by atoms with Gasteiger partial charge in [0.05, 0.1) is 24.6 Å². The number of nitrogens with zero attached hydrogens (tertiary/aromatic N) is 3. The Morgan fingerprint density at radius 1 is 0.950 bits per heavy atom. The van der Waals surface area contributed by atoms with E-state index in [1.165, 1.54) is 6.42 Å². The molecule has 0 aromatic heterocycles. The van der Waals surface area contributed by atoms with Crippen molar-refractivity contribution in [3.8, 4) is 11.5 Å². The summed E-state index contributed by atoms with van der Waals surface area (Å²) in [7, 11) is 1.80. The van der Waals surface area contributed by atoms with E-state index in [9.17, 15) is 9.59 Å². The predicted molar refractivity (Wildman–Crippen MR) is 158 cm³/mol. The second kappa shape index (κ2) is 12.2. The number of amides is 3. The lowest BCUT2D eigenvalue weighted by atomic mass is 9.90. The molecule has 2 heterocycles. The number of likely N-dealkylation sites (tertiary alicyclic amines) is 1. The summed E-state index contributed by atoms with van der Waals surface area (Å²) in [5.74, 6) is 0.413. The summed E-state index contributed by atoms with van der Waals surface area (Å²) in [5.41, 5.74) is 4.46. The first-order valence-electron chi connectivity index (χ1n) is 14.0. The summed E-state index contributed by atoms with van der Waals surface area (Å²) in [6.07, 6.45) is 3.27. The molecule has 0 aliphatic carbocycles. The lowest BCUT2D eigenvalue weighted by molar-refractivity contribution is -0.115. The van der Waals surface area contributed by atoms with Crippen molar-refractivity contribution >= 4 is 34.7 Å². The molecule has 0 bridgehead atoms. The Bertz CT molecular complexity index is 1380. The van der Waals surface area contributed by atoms with E-state index < -0.39 is 5.92 Å². The highest BCUT2D eigenvalue weighted by Crippen LogP contribution is 2.43. The van der Waals surface area contributed by atoms with Crippen molar-refractivity contribution in [2.24, 2.45) is 4.99 Å². The molecule has 2 aliphatic rings. The number of carbonyl (C=O) groups excluding carboxylic acids is 2. The van der Waals surface area contributed by atoms with Gasteiger partial charge in [0.15, 0.2) is 11.5 Å². The molecule has 0 radical (unpaired) electrons. The Morgan fingerprint density at radius 2 is 1.60 bits per heavy atom. The zero-order valence-corrected chi connectivity index (χ0v) is 23.4. The van der Waals surface area contributed by atoms with Crippen molar-refractivity contribution in [1.29, 1.82) is 0 Å². The summed E-state index contributed by atoms with van der Waals surface area (Å²) in [6.45, 7) is 6.40. The van der Waals surface area contributed by atoms with E-state index in [-0.39, 0.29) is 11.9 Å². The van der Waals surface area contributed by atoms with Crippen LogP contribution in [0, 0.1) is 0 Å². The molecule has 3 aromatic carbocycles. The van der Waals surface area contributed by atoms with Crippen LogP contribution in [0.5, 0.6) is 11.5 Å². The van der Waals surface area contributed by atoms with Gasteiger partial charge in [-0.15, -0.1) is 0 Å². The van der Waals surface area contributed by atoms with Gasteiger partial charge in [0.2, 0.25) is 5.91 Å². The number of fused-ring (bicyclic) bond motifs is 1. The molecule has 1 fully saturated rings. The highest BCUT2D eigenvalue weighted by molar-refractivity contribution is 6.24. The molecule has 0 saturated carbocycles. The van der Waals surface area contributed by atoms with Gasteiger partial charge in [-0.05, 0) is 74.6 Å². The molecule has 1 saturated heterocycles. The minimum Gasteiger partial charge on any atom is -0.490 e. The molecule has 208 valence electrons. The topological polar surface area (TPSA) is 83.5 Å². The van der Waals surface area contributed by atoms with Crippen LogP contribution in [-0.2, 0) is 4.79 Å². The number of anilines is 2. The van der Waals surface area contributed by atoms with Crippen molar-refractivity contribution in [2.75, 3.05) is 43.6 Å². The largest absolute Gasteiger partial charge is 0.490 e. The maximum atomic E-state index is 13.4. The molecule has 1 unspecified atom stereocenters. The molecule has 3 amide bonds. The lowest BCUT2D eigenvalue weighted by Gasteiger charge is -2.31. The lowest BCUT2D eigenvalue weighted by Crippen LogP contribution is -2.43. The molecule has 2 aliphatic heterocycles. The average molecular weight is 541 g/mol. The molecule has 0 spiro atoms. The van der Waals surface area contributed by atoms with Crippen molar-refractivity contribution in [3.63, 3.8) is 0 Å². The van der Waals surface area contributed by atoms with Crippen LogP contribution in [0.3, 0.4) is 0 Å². The average Bonchev–Trinajstić information content (AvgIpc) is 3.31. The third-order valence-corrected chi connectivity index (χ3v) is 7.29. The number of urea groups is 1. The predicted octanol–water partition coefficient (Wildman–Crippen LogP) is 6.38. The minimum atomic E-state index is -0.629. The third kappa shape index (κ3) is 5.66. The molecular weight excluding hydrogens is 504 g/mol. The van der Waals surface area contributed by atoms with Gasteiger partial charge in [-0.3, -0.25) is 14.7 Å². The molecular formula is C32H36N4O4. The Hall–Kier alpha value is -4.33. The van der Waals surface area contributed by atoms with E-state index in [2.05, 4.69) is 5.32 Å². The molecule has 3 aromatic rings. The van der Waals surface area contributed by atoms with E-state index in [0.29, 0.717) is 41.8 Å². The van der Waals surface area contributed by atoms with E-state index in [1.54, 1.807) is 11.9 Å². The summed E-state index contributed by atoms with van der Waals surface area (Å²) in [5, 5.41) is 3.02. The number of benzene rings is 3. The summed E-state index contributed by atoms with van der Waals surface area (Å²) >= 11 is 0. The standard InChI is InChI=1S/C32H36N4O4/c1-4-39-27-20-25-26(21-28(27)40-5-2)34-31(37)29(25)30(22-12-8-6-9-13-22)33-23-14-16-24(17-15-23)35(3)32(38)36-18-10-7-11-19-36/h6,8-9,12-17,20-21,29H,4-5,7,10-11,18-19H2,1-3H3,(H,34,37). The van der Waals surface area contributed by atoms with Gasteiger partial charge in [0, 0.05) is 37.6 Å². The number of rotatable bonds is 8. The highest BCUT2D eigenvalue weighted by Gasteiger charge is 2.37. The van der Waals surface area contributed by atoms with Crippen molar-refractivity contribution in [1.82, 2.24) is 4.90 Å². The van der Waals surface area contributed by atoms with Crippen LogP contribution in [0.4, 0.5) is 21.9 Å². The Labute approximate surface area is 235 Å². The van der Waals surface area contributed by atoms with E-state index in [0.717, 1.165) is 42.7 Å². The summed E-state index contributed by atoms with van der Waals surface area (Å²) in [4.78, 5) is 35.0. The van der Waals surface area contributed by atoms with Crippen LogP contribution in [-0.4, -0.2) is 55.9 Å². The van der Waals surface area contributed by atoms with Crippen molar-refractivity contribution < 1.29 is 19.1 Å². The minimum absolute atomic E-state index is 0.0108. The second-order valence-electron chi connectivity index (χ2n) is 9.94. The van der Waals surface area contributed by atoms with Crippen LogP contribution in [0.25, 0.3) is 0 Å². The monoisotopic (exact) mass is 540 g/mol. The van der Waals surface area contributed by atoms with Gasteiger partial charge in [-0.1, -0.05) is 30.3 Å². The Morgan fingerprint density at radius 3 is 2.25 bits per heavy atom. The fourth-order valence-electron chi connectivity index (χ4n) is 5.28. The number of piperidine rings is 1. The van der Waals surface area contributed by atoms with Gasteiger partial charge >= 0.3 is 6.03 Å². The van der Waals surface area contributed by atoms with E-state index in [1.807, 2.05) is 85.5 Å². The maximum Gasteiger partial charge on any atom is 0.324 e. The molecule has 5 rings (SSSR count). The number of nitrogens with one attached hydrogen (secondary N) is 1. The first-order chi connectivity index (χ1) is 19.5. The van der Waals surface area contributed by atoms with Crippen molar-refractivity contribution in [3.05, 3.63) is 77.9 Å². The normalized spacial score (nSPS) is 16.8. The highest BCUT2D eigenvalue weighted by atomic mass is 16.5. The molecule has 1 N–H and O–H groups in total. The van der Waals surface area contributed by atoms with E-state index in [4.69, 9.17) is 14.5 Å². The quantitative estimate of drug-likeness (QED) is 0.336. The zero-order valence-electron chi connectivity index (χ0n) is 23.4. The maximum absolute atomic E-state index is 13.4. The number of hydrogen-bond acceptors (Lipinski definition) is 5. The van der Waals surface area contributed by atoms with Crippen LogP contribution in [0.1, 0.15) is 50.2 Å². The molecule has 40 heavy (non-hydrogen) atoms. The van der Waals surface area contributed by atoms with Crippen LogP contribution < -0.4 is 19.7 Å². The second-order valence-corrected chi connectivity index (χ2v) is 9.94. The van der Waals surface area contributed by atoms with Gasteiger partial charge in [-0.2, -0.15) is 0 Å². The molecule has 8 heteroatoms. The molecule has 8 nitrogen and oxygen atoms in total. The van der Waals surface area contributed by atoms with Gasteiger partial charge in [-0.25, -0.2) is 4.79 Å². The van der Waals surface area contributed by atoms with Gasteiger partial charge in [0.1, 0.15) is 5.92 Å². The summed E-state index contributed by atoms with van der Waals surface area (Å²) < 4.78 is 11.6. The molecule has 1 atom stereocenters. The number of aliphatic imine (C=N–C) groups is 1. The van der Waals surface area contributed by atoms with Crippen LogP contribution >= 0.6 is 0 Å². The first kappa shape index (κ1) is 27.2. The third-order valence-electron chi connectivity index (χ3n) is 7.29. The number of ether oxygens (including phenoxy) is 2. The Kier molecular flexibility index (Phi) is 8.34.